The predicted octanol–water partition coefficient (Wildman–Crippen LogP) is 2.80. The third kappa shape index (κ3) is 5.60. The van der Waals surface area contributed by atoms with Gasteiger partial charge in [0.05, 0.1) is 19.3 Å². The first kappa shape index (κ1) is 22.1. The van der Waals surface area contributed by atoms with E-state index in [1.807, 2.05) is 4.90 Å². The van der Waals surface area contributed by atoms with Crippen LogP contribution in [0.1, 0.15) is 13.3 Å². The molecular formula is C15H24Cl3N3O2. The molecule has 2 rings (SSSR count). The van der Waals surface area contributed by atoms with Crippen molar-refractivity contribution in [2.75, 3.05) is 38.6 Å². The molecule has 0 bridgehead atoms. The van der Waals surface area contributed by atoms with Gasteiger partial charge in [-0.1, -0.05) is 18.5 Å². The second-order valence-corrected chi connectivity index (χ2v) is 6.21. The Hall–Kier alpha value is -0.880. The van der Waals surface area contributed by atoms with Crippen LogP contribution in [0.5, 0.6) is 5.75 Å². The lowest BCUT2D eigenvalue weighted by atomic mass is 9.90. The first-order valence-electron chi connectivity index (χ1n) is 7.03. The average molecular weight is 385 g/mol. The summed E-state index contributed by atoms with van der Waals surface area (Å²) in [6.45, 7) is 4.43. The number of nitrogens with one attached hydrogen (secondary N) is 1. The Morgan fingerprint density at radius 3 is 2.74 bits per heavy atom. The van der Waals surface area contributed by atoms with Crippen molar-refractivity contribution < 1.29 is 9.53 Å². The Bertz CT molecular complexity index is 531. The number of ether oxygens (including phenoxy) is 1. The summed E-state index contributed by atoms with van der Waals surface area (Å²) in [5, 5.41) is 3.69. The zero-order chi connectivity index (χ0) is 15.5. The molecule has 1 aromatic rings. The van der Waals surface area contributed by atoms with Gasteiger partial charge in [-0.2, -0.15) is 0 Å². The van der Waals surface area contributed by atoms with Crippen molar-refractivity contribution in [2.24, 2.45) is 11.1 Å². The summed E-state index contributed by atoms with van der Waals surface area (Å²) in [4.78, 5) is 14.1. The van der Waals surface area contributed by atoms with E-state index in [2.05, 4.69) is 12.2 Å². The molecule has 1 unspecified atom stereocenters. The van der Waals surface area contributed by atoms with Gasteiger partial charge in [-0.15, -0.1) is 24.8 Å². The van der Waals surface area contributed by atoms with Crippen molar-refractivity contribution in [1.82, 2.24) is 4.90 Å². The molecule has 1 saturated heterocycles. The Labute approximate surface area is 154 Å². The third-order valence-corrected chi connectivity index (χ3v) is 4.23. The van der Waals surface area contributed by atoms with E-state index in [4.69, 9.17) is 22.1 Å². The lowest BCUT2D eigenvalue weighted by molar-refractivity contribution is -0.128. The number of hydrogen-bond donors (Lipinski definition) is 2. The smallest absolute Gasteiger partial charge is 0.241 e. The number of nitrogens with two attached hydrogens (primary N) is 1. The fourth-order valence-electron chi connectivity index (χ4n) is 2.50. The lowest BCUT2D eigenvalue weighted by Crippen LogP contribution is -2.37. The largest absolute Gasteiger partial charge is 0.495 e. The Balaban J connectivity index is 0.00000242. The molecule has 1 aromatic carbocycles. The van der Waals surface area contributed by atoms with Crippen LogP contribution in [0.4, 0.5) is 5.69 Å². The van der Waals surface area contributed by atoms with Crippen LogP contribution in [0.25, 0.3) is 0 Å². The minimum absolute atomic E-state index is 0. The molecule has 1 atom stereocenters. The van der Waals surface area contributed by atoms with Gasteiger partial charge >= 0.3 is 0 Å². The van der Waals surface area contributed by atoms with Gasteiger partial charge in [-0.05, 0) is 36.6 Å². The highest BCUT2D eigenvalue weighted by molar-refractivity contribution is 6.30. The first-order chi connectivity index (χ1) is 9.97. The molecule has 0 spiro atoms. The molecule has 1 aliphatic heterocycles. The van der Waals surface area contributed by atoms with Crippen molar-refractivity contribution in [3.63, 3.8) is 0 Å². The van der Waals surface area contributed by atoms with Crippen LogP contribution in [0.3, 0.4) is 0 Å². The number of carbonyl (C=O) groups is 1. The molecule has 5 nitrogen and oxygen atoms in total. The van der Waals surface area contributed by atoms with E-state index in [0.29, 0.717) is 17.3 Å². The summed E-state index contributed by atoms with van der Waals surface area (Å²) in [6.07, 6.45) is 0.954. The van der Waals surface area contributed by atoms with E-state index in [9.17, 15) is 4.79 Å². The fraction of sp³-hybridized carbons (Fsp3) is 0.533. The van der Waals surface area contributed by atoms with Crippen molar-refractivity contribution in [3.05, 3.63) is 23.2 Å². The zero-order valence-corrected chi connectivity index (χ0v) is 15.7. The van der Waals surface area contributed by atoms with Gasteiger partial charge in [-0.3, -0.25) is 4.79 Å². The topological polar surface area (TPSA) is 67.6 Å². The molecule has 23 heavy (non-hydrogen) atoms. The minimum Gasteiger partial charge on any atom is -0.495 e. The minimum atomic E-state index is 0. The number of amides is 1. The van der Waals surface area contributed by atoms with Crippen LogP contribution >= 0.6 is 36.4 Å². The average Bonchev–Trinajstić information content (AvgIpc) is 2.88. The highest BCUT2D eigenvalue weighted by atomic mass is 35.5. The molecule has 0 aliphatic carbocycles. The summed E-state index contributed by atoms with van der Waals surface area (Å²) in [7, 11) is 1.59. The third-order valence-electron chi connectivity index (χ3n) is 3.99. The predicted molar refractivity (Wildman–Crippen MR) is 99.3 cm³/mol. The molecule has 1 heterocycles. The second kappa shape index (κ2) is 9.42. The summed E-state index contributed by atoms with van der Waals surface area (Å²) in [5.41, 5.74) is 6.53. The molecule has 3 N–H and O–H groups in total. The number of likely N-dealkylation sites (tertiary alicyclic amines) is 1. The second-order valence-electron chi connectivity index (χ2n) is 5.78. The van der Waals surface area contributed by atoms with Gasteiger partial charge < -0.3 is 20.7 Å². The standard InChI is InChI=1S/C15H22ClN3O2.2ClH/c1-15(9-17)5-6-19(10-15)14(20)8-18-12-7-11(16)3-4-13(12)21-2;;/h3-4,7,18H,5-6,8-10,17H2,1-2H3;2*1H. The Morgan fingerprint density at radius 1 is 1.48 bits per heavy atom. The van der Waals surface area contributed by atoms with Crippen LogP contribution in [0.15, 0.2) is 18.2 Å². The normalized spacial score (nSPS) is 19.6. The van der Waals surface area contributed by atoms with Crippen LogP contribution < -0.4 is 15.8 Å². The zero-order valence-electron chi connectivity index (χ0n) is 13.3. The lowest BCUT2D eigenvalue weighted by Gasteiger charge is -2.23. The highest BCUT2D eigenvalue weighted by Crippen LogP contribution is 2.29. The molecule has 0 radical (unpaired) electrons. The van der Waals surface area contributed by atoms with Gasteiger partial charge in [0.25, 0.3) is 0 Å². The summed E-state index contributed by atoms with van der Waals surface area (Å²) >= 11 is 5.97. The SMILES string of the molecule is COc1ccc(Cl)cc1NCC(=O)N1CCC(C)(CN)C1.Cl.Cl. The van der Waals surface area contributed by atoms with Crippen molar-refractivity contribution >= 4 is 48.0 Å². The summed E-state index contributed by atoms with van der Waals surface area (Å²) < 4.78 is 5.25. The molecule has 1 aliphatic rings. The number of methoxy groups -OCH3 is 1. The van der Waals surface area contributed by atoms with Crippen molar-refractivity contribution in [3.8, 4) is 5.75 Å². The number of halogens is 3. The quantitative estimate of drug-likeness (QED) is 0.819. The van der Waals surface area contributed by atoms with Gasteiger partial charge in [0.2, 0.25) is 5.91 Å². The number of nitrogens with zero attached hydrogens (tertiary/aromatic N) is 1. The molecule has 132 valence electrons. The van der Waals surface area contributed by atoms with Gasteiger partial charge in [0, 0.05) is 18.1 Å². The number of rotatable bonds is 5. The monoisotopic (exact) mass is 383 g/mol. The molecule has 0 saturated carbocycles. The van der Waals surface area contributed by atoms with Crippen molar-refractivity contribution in [1.29, 1.82) is 0 Å². The maximum absolute atomic E-state index is 12.3. The van der Waals surface area contributed by atoms with Gasteiger partial charge in [-0.25, -0.2) is 0 Å². The van der Waals surface area contributed by atoms with Crippen LogP contribution in [-0.2, 0) is 4.79 Å². The van der Waals surface area contributed by atoms with Gasteiger partial charge in [0.1, 0.15) is 5.75 Å². The van der Waals surface area contributed by atoms with E-state index in [0.717, 1.165) is 25.2 Å². The fourth-order valence-corrected chi connectivity index (χ4v) is 2.68. The van der Waals surface area contributed by atoms with E-state index in [1.165, 1.54) is 0 Å². The molecule has 1 fully saturated rings. The summed E-state index contributed by atoms with van der Waals surface area (Å²) in [5.74, 6) is 0.731. The van der Waals surface area contributed by atoms with Crippen molar-refractivity contribution in [2.45, 2.75) is 13.3 Å². The number of carbonyl (C=O) groups excluding carboxylic acids is 1. The van der Waals surface area contributed by atoms with Crippen LogP contribution in [-0.4, -0.2) is 44.1 Å². The molecule has 0 aromatic heterocycles. The number of anilines is 1. The van der Waals surface area contributed by atoms with E-state index >= 15 is 0 Å². The van der Waals surface area contributed by atoms with Gasteiger partial charge in [0.15, 0.2) is 0 Å². The van der Waals surface area contributed by atoms with E-state index in [-0.39, 0.29) is 42.7 Å². The number of benzene rings is 1. The highest BCUT2D eigenvalue weighted by Gasteiger charge is 2.34. The Morgan fingerprint density at radius 2 is 2.17 bits per heavy atom. The summed E-state index contributed by atoms with van der Waals surface area (Å²) in [6, 6.07) is 5.28. The van der Waals surface area contributed by atoms with Crippen LogP contribution in [0, 0.1) is 5.41 Å². The Kier molecular flexibility index (Phi) is 9.06. The number of hydrogen-bond acceptors (Lipinski definition) is 4. The van der Waals surface area contributed by atoms with Crippen LogP contribution in [0.2, 0.25) is 5.02 Å². The molecule has 8 heteroatoms. The maximum atomic E-state index is 12.3. The molecule has 1 amide bonds. The first-order valence-corrected chi connectivity index (χ1v) is 7.40. The molecular weight excluding hydrogens is 361 g/mol. The van der Waals surface area contributed by atoms with E-state index < -0.39 is 0 Å². The maximum Gasteiger partial charge on any atom is 0.241 e. The van der Waals surface area contributed by atoms with E-state index in [1.54, 1.807) is 25.3 Å².